The van der Waals surface area contributed by atoms with Gasteiger partial charge >= 0.3 is 0 Å². The normalized spacial score (nSPS) is 13.7. The number of rotatable bonds is 2. The average molecular weight is 771 g/mol. The molecule has 0 atom stereocenters. The van der Waals surface area contributed by atoms with Crippen molar-refractivity contribution in [3.8, 4) is 0 Å². The van der Waals surface area contributed by atoms with Gasteiger partial charge in [0.1, 0.15) is 11.2 Å². The van der Waals surface area contributed by atoms with Gasteiger partial charge in [0.05, 0.1) is 34.1 Å². The van der Waals surface area contributed by atoms with Crippen LogP contribution in [0, 0.1) is 41.5 Å². The van der Waals surface area contributed by atoms with Crippen LogP contribution in [0.4, 0.5) is 34.1 Å². The van der Waals surface area contributed by atoms with E-state index in [9.17, 15) is 0 Å². The molecule has 60 heavy (non-hydrogen) atoms. The summed E-state index contributed by atoms with van der Waals surface area (Å²) in [5.74, 6) is 0. The molecule has 4 nitrogen and oxygen atoms in total. The van der Waals surface area contributed by atoms with Gasteiger partial charge < -0.3 is 18.6 Å². The highest BCUT2D eigenvalue weighted by Gasteiger charge is 2.48. The molecule has 0 fully saturated rings. The van der Waals surface area contributed by atoms with Crippen molar-refractivity contribution in [2.75, 3.05) is 9.80 Å². The van der Waals surface area contributed by atoms with Gasteiger partial charge in [-0.15, -0.1) is 0 Å². The molecule has 13 rings (SSSR count). The molecular formula is C54H40B2N2O2. The summed E-state index contributed by atoms with van der Waals surface area (Å²) < 4.78 is 14.1. The standard InChI is InChI=1S/C54H40B2N2O2/c1-29-25-31(3)47(32(4)26-29)55-39-15-11-17-43-49(39)57(51-41(55)23-21-37-35-13-7-9-19-45(35)59-53(37)51)44-18-12-16-40-50(44)58(43)52-42(56(40)48-33(5)27-30(2)28-34(48)6)24-22-38-36-14-8-10-20-46(36)60-54(38)52/h7-28H,1-6H3. The summed E-state index contributed by atoms with van der Waals surface area (Å²) in [6.07, 6.45) is 0. The third kappa shape index (κ3) is 4.28. The van der Waals surface area contributed by atoms with Crippen LogP contribution in [0.2, 0.25) is 0 Å². The molecule has 2 aromatic heterocycles. The van der Waals surface area contributed by atoms with Crippen LogP contribution >= 0.6 is 0 Å². The molecule has 0 spiro atoms. The van der Waals surface area contributed by atoms with Crippen LogP contribution < -0.4 is 42.6 Å². The highest BCUT2D eigenvalue weighted by Crippen LogP contribution is 2.57. The molecule has 0 saturated carbocycles. The van der Waals surface area contributed by atoms with E-state index in [-0.39, 0.29) is 13.4 Å². The minimum Gasteiger partial charge on any atom is -0.454 e. The van der Waals surface area contributed by atoms with Gasteiger partial charge in [0, 0.05) is 21.5 Å². The third-order valence-corrected chi connectivity index (χ3v) is 13.9. The summed E-state index contributed by atoms with van der Waals surface area (Å²) in [7, 11) is 0. The molecule has 0 amide bonds. The first-order valence-electron chi connectivity index (χ1n) is 21.2. The summed E-state index contributed by atoms with van der Waals surface area (Å²) in [4.78, 5) is 5.12. The highest BCUT2D eigenvalue weighted by atomic mass is 16.3. The van der Waals surface area contributed by atoms with Crippen molar-refractivity contribution in [1.29, 1.82) is 0 Å². The zero-order valence-electron chi connectivity index (χ0n) is 34.6. The van der Waals surface area contributed by atoms with Crippen molar-refractivity contribution in [2.24, 2.45) is 0 Å². The molecule has 0 bridgehead atoms. The molecule has 284 valence electrons. The number of furan rings is 2. The van der Waals surface area contributed by atoms with Crippen LogP contribution in [-0.4, -0.2) is 13.4 Å². The molecule has 8 aromatic carbocycles. The number of fused-ring (bicyclic) bond motifs is 14. The fourth-order valence-corrected chi connectivity index (χ4v) is 11.9. The van der Waals surface area contributed by atoms with Crippen LogP contribution in [-0.2, 0) is 0 Å². The molecule has 6 heteroatoms. The first kappa shape index (κ1) is 34.0. The van der Waals surface area contributed by atoms with Crippen molar-refractivity contribution < 1.29 is 8.83 Å². The fourth-order valence-electron chi connectivity index (χ4n) is 11.9. The average Bonchev–Trinajstić information content (AvgIpc) is 3.81. The van der Waals surface area contributed by atoms with Crippen LogP contribution in [0.25, 0.3) is 43.9 Å². The number of benzene rings is 8. The summed E-state index contributed by atoms with van der Waals surface area (Å²) in [6, 6.07) is 49.6. The Morgan fingerprint density at radius 3 is 1.17 bits per heavy atom. The van der Waals surface area contributed by atoms with Gasteiger partial charge in [0.2, 0.25) is 13.4 Å². The van der Waals surface area contributed by atoms with Gasteiger partial charge in [-0.05, 0) is 87.7 Å². The SMILES string of the molecule is Cc1cc(C)c(B2c3cccc4c3N(c3cccc5c3N4c3c(ccc4c3oc3ccccc34)B5c3c(C)cc(C)cc3C)c3c2ccc2c3oc3ccccc32)c(C)c1. The maximum Gasteiger partial charge on any atom is 0.247 e. The van der Waals surface area contributed by atoms with Gasteiger partial charge in [-0.3, -0.25) is 0 Å². The number of anilines is 6. The van der Waals surface area contributed by atoms with Gasteiger partial charge in [0.15, 0.2) is 11.2 Å². The Hall–Kier alpha value is -6.91. The van der Waals surface area contributed by atoms with Crippen molar-refractivity contribution in [1.82, 2.24) is 0 Å². The van der Waals surface area contributed by atoms with Gasteiger partial charge in [-0.25, -0.2) is 0 Å². The van der Waals surface area contributed by atoms with E-state index in [2.05, 4.69) is 185 Å². The van der Waals surface area contributed by atoms with Crippen molar-refractivity contribution >= 4 is 124 Å². The smallest absolute Gasteiger partial charge is 0.247 e. The van der Waals surface area contributed by atoms with Gasteiger partial charge in [-0.1, -0.05) is 154 Å². The predicted octanol–water partition coefficient (Wildman–Crippen LogP) is 10.2. The van der Waals surface area contributed by atoms with E-state index in [0.717, 1.165) is 66.6 Å². The number of hydrogen-bond acceptors (Lipinski definition) is 4. The Morgan fingerprint density at radius 2 is 0.750 bits per heavy atom. The molecule has 0 saturated heterocycles. The van der Waals surface area contributed by atoms with Gasteiger partial charge in [-0.2, -0.15) is 0 Å². The van der Waals surface area contributed by atoms with E-state index >= 15 is 0 Å². The van der Waals surface area contributed by atoms with Crippen molar-refractivity contribution in [3.63, 3.8) is 0 Å². The Kier molecular flexibility index (Phi) is 6.72. The van der Waals surface area contributed by atoms with E-state index in [0.29, 0.717) is 0 Å². The van der Waals surface area contributed by atoms with E-state index in [1.54, 1.807) is 0 Å². The molecule has 5 heterocycles. The van der Waals surface area contributed by atoms with Gasteiger partial charge in [0.25, 0.3) is 0 Å². The first-order valence-corrected chi connectivity index (χ1v) is 21.2. The Bertz CT molecular complexity index is 3280. The topological polar surface area (TPSA) is 32.8 Å². The van der Waals surface area contributed by atoms with Crippen LogP contribution in [0.3, 0.4) is 0 Å². The lowest BCUT2D eigenvalue weighted by Gasteiger charge is -2.48. The zero-order chi connectivity index (χ0) is 40.3. The maximum absolute atomic E-state index is 7.05. The molecule has 3 aliphatic rings. The molecular weight excluding hydrogens is 730 g/mol. The van der Waals surface area contributed by atoms with Crippen LogP contribution in [0.5, 0.6) is 0 Å². The van der Waals surface area contributed by atoms with E-state index in [4.69, 9.17) is 8.83 Å². The number of aryl methyl sites for hydroxylation is 6. The second-order valence-electron chi connectivity index (χ2n) is 17.5. The molecule has 0 aliphatic carbocycles. The van der Waals surface area contributed by atoms with Crippen molar-refractivity contribution in [2.45, 2.75) is 41.5 Å². The Labute approximate surface area is 349 Å². The second-order valence-corrected chi connectivity index (χ2v) is 17.5. The fraction of sp³-hybridized carbons (Fsp3) is 0.111. The lowest BCUT2D eigenvalue weighted by Crippen LogP contribution is -2.61. The molecule has 0 N–H and O–H groups in total. The summed E-state index contributed by atoms with van der Waals surface area (Å²) in [6.45, 7) is 13.5. The monoisotopic (exact) mass is 770 g/mol. The molecule has 0 radical (unpaired) electrons. The third-order valence-electron chi connectivity index (χ3n) is 13.9. The lowest BCUT2D eigenvalue weighted by molar-refractivity contribution is 0.668. The zero-order valence-corrected chi connectivity index (χ0v) is 34.6. The Morgan fingerprint density at radius 1 is 0.367 bits per heavy atom. The number of para-hydroxylation sites is 4. The Balaban J connectivity index is 1.21. The van der Waals surface area contributed by atoms with E-state index in [1.807, 2.05) is 0 Å². The molecule has 3 aliphatic heterocycles. The van der Waals surface area contributed by atoms with E-state index < -0.39 is 0 Å². The number of hydrogen-bond donors (Lipinski definition) is 0. The predicted molar refractivity (Wildman–Crippen MR) is 255 cm³/mol. The maximum atomic E-state index is 7.05. The molecule has 10 aromatic rings. The van der Waals surface area contributed by atoms with E-state index in [1.165, 1.54) is 77.5 Å². The second kappa shape index (κ2) is 11.9. The summed E-state index contributed by atoms with van der Waals surface area (Å²) >= 11 is 0. The van der Waals surface area contributed by atoms with Crippen molar-refractivity contribution in [3.05, 3.63) is 167 Å². The largest absolute Gasteiger partial charge is 0.454 e. The quantitative estimate of drug-likeness (QED) is 0.164. The first-order chi connectivity index (χ1) is 29.3. The highest BCUT2D eigenvalue weighted by molar-refractivity contribution is 7.00. The minimum absolute atomic E-state index is 0.0222. The summed E-state index contributed by atoms with van der Waals surface area (Å²) in [5.41, 5.74) is 26.1. The van der Waals surface area contributed by atoms with Crippen LogP contribution in [0.15, 0.2) is 142 Å². The number of nitrogens with zero attached hydrogens (tertiary/aromatic N) is 2. The minimum atomic E-state index is -0.0222. The lowest BCUT2D eigenvalue weighted by atomic mass is 9.33. The summed E-state index contributed by atoms with van der Waals surface area (Å²) in [5, 5.41) is 4.53. The van der Waals surface area contributed by atoms with Crippen LogP contribution in [0.1, 0.15) is 33.4 Å². The molecule has 0 unspecified atom stereocenters.